The summed E-state index contributed by atoms with van der Waals surface area (Å²) >= 11 is 0. The van der Waals surface area contributed by atoms with Crippen LogP contribution in [0.1, 0.15) is 11.3 Å². The first-order valence-corrected chi connectivity index (χ1v) is 10.3. The summed E-state index contributed by atoms with van der Waals surface area (Å²) in [6, 6.07) is 18.5. The molecule has 0 aliphatic heterocycles. The normalized spacial score (nSPS) is 11.4. The first-order valence-electron chi connectivity index (χ1n) is 8.45. The number of hydrogen-bond acceptors (Lipinski definition) is 4. The number of ether oxygens (including phenoxy) is 1. The number of aromatic nitrogens is 1. The van der Waals surface area contributed by atoms with E-state index in [1.54, 1.807) is 24.3 Å². The molecule has 0 atom stereocenters. The molecule has 0 spiro atoms. The third kappa shape index (κ3) is 3.95. The van der Waals surface area contributed by atoms with E-state index in [1.807, 2.05) is 43.3 Å². The summed E-state index contributed by atoms with van der Waals surface area (Å²) in [5.41, 5.74) is 4.53. The summed E-state index contributed by atoms with van der Waals surface area (Å²) in [6.45, 7) is 1.96. The van der Waals surface area contributed by atoms with Gasteiger partial charge in [0, 0.05) is 17.6 Å². The lowest BCUT2D eigenvalue weighted by atomic mass is 10.1. The van der Waals surface area contributed by atoms with Gasteiger partial charge in [-0.1, -0.05) is 30.3 Å². The van der Waals surface area contributed by atoms with Crippen LogP contribution in [0.3, 0.4) is 0 Å². The third-order valence-corrected chi connectivity index (χ3v) is 5.64. The molecule has 27 heavy (non-hydrogen) atoms. The number of carbonyl (C=O) groups excluding carboxylic acids is 1. The Labute approximate surface area is 159 Å². The molecule has 140 valence electrons. The molecule has 3 rings (SSSR count). The highest BCUT2D eigenvalue weighted by Crippen LogP contribution is 2.30. The Morgan fingerprint density at radius 3 is 2.22 bits per heavy atom. The van der Waals surface area contributed by atoms with Crippen molar-refractivity contribution in [2.24, 2.45) is 0 Å². The molecule has 1 aromatic heterocycles. The highest BCUT2D eigenvalue weighted by molar-refractivity contribution is 7.90. The van der Waals surface area contributed by atoms with Crippen LogP contribution in [-0.4, -0.2) is 32.3 Å². The molecule has 5 nitrogen and oxygen atoms in total. The number of carbonyl (C=O) groups is 1. The van der Waals surface area contributed by atoms with Crippen molar-refractivity contribution in [3.63, 3.8) is 0 Å². The molecule has 0 fully saturated rings. The number of para-hydroxylation sites is 1. The molecule has 0 radical (unpaired) electrons. The number of nitrogens with zero attached hydrogens (tertiary/aromatic N) is 1. The van der Waals surface area contributed by atoms with Gasteiger partial charge in [0.1, 0.15) is 0 Å². The quantitative estimate of drug-likeness (QED) is 0.632. The second-order valence-electron chi connectivity index (χ2n) is 6.36. The average molecular weight is 383 g/mol. The summed E-state index contributed by atoms with van der Waals surface area (Å²) in [6.07, 6.45) is 1.36. The van der Waals surface area contributed by atoms with Crippen LogP contribution in [0.2, 0.25) is 0 Å². The predicted molar refractivity (Wildman–Crippen MR) is 105 cm³/mol. The molecular weight excluding hydrogens is 362 g/mol. The average Bonchev–Trinajstić information content (AvgIpc) is 2.98. The molecule has 0 unspecified atom stereocenters. The number of methoxy groups -OCH3 is 1. The van der Waals surface area contributed by atoms with Crippen molar-refractivity contribution in [1.29, 1.82) is 0 Å². The van der Waals surface area contributed by atoms with Crippen molar-refractivity contribution in [3.8, 4) is 16.9 Å². The maximum Gasteiger partial charge on any atom is 0.310 e. The minimum Gasteiger partial charge on any atom is -0.469 e. The van der Waals surface area contributed by atoms with E-state index in [1.165, 1.54) is 13.4 Å². The van der Waals surface area contributed by atoms with Gasteiger partial charge in [-0.05, 0) is 48.4 Å². The number of benzene rings is 2. The molecule has 2 aromatic carbocycles. The number of hydrogen-bond donors (Lipinski definition) is 0. The molecular formula is C21H21NO4S. The molecule has 6 heteroatoms. The van der Waals surface area contributed by atoms with E-state index < -0.39 is 9.84 Å². The SMILES string of the molecule is COC(=O)Cc1cc(-c2ccc(S(C)(=O)=O)cc2)n(-c2ccccc2)c1C. The fraction of sp³-hybridized carbons (Fsp3) is 0.190. The van der Waals surface area contributed by atoms with Gasteiger partial charge in [-0.15, -0.1) is 0 Å². The van der Waals surface area contributed by atoms with Crippen molar-refractivity contribution < 1.29 is 17.9 Å². The summed E-state index contributed by atoms with van der Waals surface area (Å²) in [7, 11) is -1.88. The summed E-state index contributed by atoms with van der Waals surface area (Å²) in [5.74, 6) is -0.303. The van der Waals surface area contributed by atoms with Crippen LogP contribution in [-0.2, 0) is 25.8 Å². The fourth-order valence-electron chi connectivity index (χ4n) is 3.06. The van der Waals surface area contributed by atoms with Crippen LogP contribution in [0.15, 0.2) is 65.6 Å². The summed E-state index contributed by atoms with van der Waals surface area (Å²) in [4.78, 5) is 12.1. The lowest BCUT2D eigenvalue weighted by Crippen LogP contribution is -2.06. The molecule has 0 bridgehead atoms. The Bertz CT molecular complexity index is 1070. The topological polar surface area (TPSA) is 65.4 Å². The smallest absolute Gasteiger partial charge is 0.310 e. The maximum atomic E-state index is 11.8. The van der Waals surface area contributed by atoms with Gasteiger partial charge in [0.25, 0.3) is 0 Å². The van der Waals surface area contributed by atoms with Gasteiger partial charge in [-0.3, -0.25) is 4.79 Å². The largest absolute Gasteiger partial charge is 0.469 e. The molecule has 0 amide bonds. The van der Waals surface area contributed by atoms with E-state index in [0.717, 1.165) is 28.2 Å². The Morgan fingerprint density at radius 1 is 1.04 bits per heavy atom. The van der Waals surface area contributed by atoms with Crippen molar-refractivity contribution in [1.82, 2.24) is 4.57 Å². The number of sulfone groups is 1. The summed E-state index contributed by atoms with van der Waals surface area (Å²) < 4.78 is 30.3. The number of esters is 1. The lowest BCUT2D eigenvalue weighted by molar-refractivity contribution is -0.139. The van der Waals surface area contributed by atoms with Gasteiger partial charge >= 0.3 is 5.97 Å². The van der Waals surface area contributed by atoms with Crippen molar-refractivity contribution in [2.45, 2.75) is 18.2 Å². The second-order valence-corrected chi connectivity index (χ2v) is 8.38. The highest BCUT2D eigenvalue weighted by Gasteiger charge is 2.17. The lowest BCUT2D eigenvalue weighted by Gasteiger charge is -2.12. The van der Waals surface area contributed by atoms with Gasteiger partial charge in [0.05, 0.1) is 24.1 Å². The Kier molecular flexibility index (Phi) is 5.19. The Balaban J connectivity index is 2.16. The van der Waals surface area contributed by atoms with Crippen LogP contribution in [0.4, 0.5) is 0 Å². The van der Waals surface area contributed by atoms with Crippen molar-refractivity contribution in [3.05, 3.63) is 71.9 Å². The standard InChI is InChI=1S/C21H21NO4S/c1-15-17(14-21(23)26-2)13-20(22(15)18-7-5-4-6-8-18)16-9-11-19(12-10-16)27(3,24)25/h4-13H,14H2,1-3H3. The van der Waals surface area contributed by atoms with E-state index in [9.17, 15) is 13.2 Å². The van der Waals surface area contributed by atoms with Gasteiger partial charge in [0.15, 0.2) is 9.84 Å². The van der Waals surface area contributed by atoms with Crippen LogP contribution >= 0.6 is 0 Å². The number of rotatable bonds is 5. The molecule has 0 saturated carbocycles. The van der Waals surface area contributed by atoms with Gasteiger partial charge in [-0.2, -0.15) is 0 Å². The zero-order valence-electron chi connectivity index (χ0n) is 15.5. The Morgan fingerprint density at radius 2 is 1.67 bits per heavy atom. The van der Waals surface area contributed by atoms with Gasteiger partial charge in [0.2, 0.25) is 0 Å². The van der Waals surface area contributed by atoms with Crippen molar-refractivity contribution in [2.75, 3.05) is 13.4 Å². The zero-order chi connectivity index (χ0) is 19.6. The van der Waals surface area contributed by atoms with E-state index in [4.69, 9.17) is 4.74 Å². The Hall–Kier alpha value is -2.86. The van der Waals surface area contributed by atoms with E-state index in [0.29, 0.717) is 0 Å². The summed E-state index contributed by atoms with van der Waals surface area (Å²) in [5, 5.41) is 0. The van der Waals surface area contributed by atoms with Crippen LogP contribution in [0, 0.1) is 6.92 Å². The zero-order valence-corrected chi connectivity index (χ0v) is 16.3. The first kappa shape index (κ1) is 18.9. The minimum atomic E-state index is -3.25. The van der Waals surface area contributed by atoms with E-state index in [2.05, 4.69) is 4.57 Å². The first-order chi connectivity index (χ1) is 12.8. The van der Waals surface area contributed by atoms with Gasteiger partial charge < -0.3 is 9.30 Å². The molecule has 0 saturated heterocycles. The monoisotopic (exact) mass is 383 g/mol. The van der Waals surface area contributed by atoms with E-state index >= 15 is 0 Å². The minimum absolute atomic E-state index is 0.177. The predicted octanol–water partition coefficient (Wildman–Crippen LogP) is 3.57. The van der Waals surface area contributed by atoms with E-state index in [-0.39, 0.29) is 17.3 Å². The van der Waals surface area contributed by atoms with Crippen LogP contribution in [0.5, 0.6) is 0 Å². The molecule has 0 aliphatic rings. The molecule has 3 aromatic rings. The second kappa shape index (κ2) is 7.40. The molecule has 0 aliphatic carbocycles. The van der Waals surface area contributed by atoms with Crippen molar-refractivity contribution >= 4 is 15.8 Å². The fourth-order valence-corrected chi connectivity index (χ4v) is 3.69. The molecule has 0 N–H and O–H groups in total. The third-order valence-electron chi connectivity index (χ3n) is 4.51. The highest BCUT2D eigenvalue weighted by atomic mass is 32.2. The van der Waals surface area contributed by atoms with Crippen LogP contribution in [0.25, 0.3) is 16.9 Å². The maximum absolute atomic E-state index is 11.8. The van der Waals surface area contributed by atoms with Gasteiger partial charge in [-0.25, -0.2) is 8.42 Å². The molecule has 1 heterocycles. The van der Waals surface area contributed by atoms with Crippen LogP contribution < -0.4 is 0 Å².